The highest BCUT2D eigenvalue weighted by Crippen LogP contribution is 2.59. The number of aliphatic hydroxyl groups is 1. The summed E-state index contributed by atoms with van der Waals surface area (Å²) in [6.07, 6.45) is 3.27. The lowest BCUT2D eigenvalue weighted by Gasteiger charge is -2.40. The number of hydrogen-bond donors (Lipinski definition) is 2. The number of esters is 1. The number of fused-ring (bicyclic) bond motifs is 1. The van der Waals surface area contributed by atoms with Crippen molar-refractivity contribution in [1.29, 1.82) is 0 Å². The highest BCUT2D eigenvalue weighted by atomic mass is 35.5. The van der Waals surface area contributed by atoms with E-state index in [9.17, 15) is 24.3 Å². The van der Waals surface area contributed by atoms with Crippen LogP contribution in [0.3, 0.4) is 0 Å². The largest absolute Gasteiger partial charge is 0.455 e. The summed E-state index contributed by atoms with van der Waals surface area (Å²) >= 11 is 6.57. The van der Waals surface area contributed by atoms with Crippen LogP contribution >= 0.6 is 11.6 Å². The monoisotopic (exact) mass is 691 g/mol. The molecule has 1 spiro atoms. The van der Waals surface area contributed by atoms with Crippen molar-refractivity contribution in [2.45, 2.75) is 82.4 Å². The summed E-state index contributed by atoms with van der Waals surface area (Å²) in [5.41, 5.74) is -0.207. The highest BCUT2D eigenvalue weighted by molar-refractivity contribution is 6.34. The number of carbonyl (C=O) groups excluding carboxylic acids is 4. The molecule has 2 aromatic carbocycles. The number of carbonyl (C=O) groups is 4. The Balaban J connectivity index is 1.52. The standard InChI is InChI=1S/C38H46ClN3O7/c1-6-8-18-30(44)40-24(5)33(25-14-10-9-11-15-25)48-37(47)31-29-19-20-38(49-29)32(31)35(45)42(28(22-43)23(3)4)34(38)36(46)41(21-7-2)27-17-13-12-16-26(27)39/h6-7,9-17,23-24,28-29,31-34,43H,1-2,8,18-22H2,3-5H3,(H,40,44)/t24-,28+,29-,31+,32+,33-,34-,38+/m1/s1. The van der Waals surface area contributed by atoms with E-state index in [-0.39, 0.29) is 31.4 Å². The Morgan fingerprint density at radius 1 is 1.12 bits per heavy atom. The second kappa shape index (κ2) is 15.3. The molecule has 8 atom stereocenters. The van der Waals surface area contributed by atoms with Gasteiger partial charge in [0.25, 0.3) is 5.91 Å². The molecule has 0 unspecified atom stereocenters. The van der Waals surface area contributed by atoms with Gasteiger partial charge in [0.1, 0.15) is 17.7 Å². The number of para-hydroxylation sites is 1. The van der Waals surface area contributed by atoms with Gasteiger partial charge in [-0.1, -0.05) is 80.1 Å². The first kappa shape index (κ1) is 36.3. The van der Waals surface area contributed by atoms with E-state index in [2.05, 4.69) is 18.5 Å². The number of likely N-dealkylation sites (tertiary alicyclic amines) is 1. The SMILES string of the molecule is C=CCCC(=O)N[C@H](C)[C@@H](OC(=O)[C@@H]1[C@H]2C(=O)N([C@@H](CO)C(C)C)[C@H](C(=O)N(CC=C)c3ccccc3Cl)[C@]23CC[C@H]1O3)c1ccccc1. The lowest BCUT2D eigenvalue weighted by molar-refractivity contribution is -0.162. The van der Waals surface area contributed by atoms with Gasteiger partial charge >= 0.3 is 5.97 Å². The molecule has 262 valence electrons. The normalized spacial score (nSPS) is 25.8. The van der Waals surface area contributed by atoms with Crippen LogP contribution in [0.5, 0.6) is 0 Å². The second-order valence-electron chi connectivity index (χ2n) is 13.4. The fraction of sp³-hybridized carbons (Fsp3) is 0.474. The lowest BCUT2D eigenvalue weighted by Crippen LogP contribution is -2.59. The van der Waals surface area contributed by atoms with E-state index in [1.165, 1.54) is 9.80 Å². The summed E-state index contributed by atoms with van der Waals surface area (Å²) in [5, 5.41) is 13.9. The van der Waals surface area contributed by atoms with Gasteiger partial charge in [-0.05, 0) is 49.8 Å². The first-order chi connectivity index (χ1) is 23.5. The number of allylic oxidation sites excluding steroid dienone is 1. The minimum atomic E-state index is -1.34. The number of hydrogen-bond acceptors (Lipinski definition) is 7. The van der Waals surface area contributed by atoms with Crippen LogP contribution in [0.1, 0.15) is 58.1 Å². The average Bonchev–Trinajstić information content (AvgIpc) is 3.73. The van der Waals surface area contributed by atoms with E-state index in [0.29, 0.717) is 35.5 Å². The van der Waals surface area contributed by atoms with Crippen molar-refractivity contribution in [2.75, 3.05) is 18.1 Å². The van der Waals surface area contributed by atoms with Crippen LogP contribution in [0, 0.1) is 17.8 Å². The maximum Gasteiger partial charge on any atom is 0.313 e. The molecule has 11 heteroatoms. The van der Waals surface area contributed by atoms with E-state index >= 15 is 0 Å². The van der Waals surface area contributed by atoms with Crippen LogP contribution in [0.15, 0.2) is 79.9 Å². The molecular formula is C38H46ClN3O7. The summed E-state index contributed by atoms with van der Waals surface area (Å²) in [5.74, 6) is -3.96. The van der Waals surface area contributed by atoms with Crippen molar-refractivity contribution in [2.24, 2.45) is 17.8 Å². The predicted molar refractivity (Wildman–Crippen MR) is 186 cm³/mol. The third-order valence-corrected chi connectivity index (χ3v) is 10.4. The molecule has 0 aliphatic carbocycles. The van der Waals surface area contributed by atoms with Gasteiger partial charge in [-0.3, -0.25) is 19.2 Å². The number of ether oxygens (including phenoxy) is 2. The van der Waals surface area contributed by atoms with Crippen LogP contribution in [0.4, 0.5) is 5.69 Å². The predicted octanol–water partition coefficient (Wildman–Crippen LogP) is 5.01. The molecule has 5 rings (SSSR count). The van der Waals surface area contributed by atoms with E-state index in [1.807, 2.05) is 44.2 Å². The van der Waals surface area contributed by atoms with Crippen molar-refractivity contribution >= 4 is 41.0 Å². The Morgan fingerprint density at radius 2 is 1.82 bits per heavy atom. The smallest absolute Gasteiger partial charge is 0.313 e. The summed E-state index contributed by atoms with van der Waals surface area (Å²) in [6.45, 7) is 12.7. The van der Waals surface area contributed by atoms with Crippen LogP contribution in [-0.4, -0.2) is 76.7 Å². The summed E-state index contributed by atoms with van der Waals surface area (Å²) < 4.78 is 12.9. The Morgan fingerprint density at radius 3 is 2.45 bits per heavy atom. The Kier molecular flexibility index (Phi) is 11.3. The molecule has 3 aliphatic heterocycles. The van der Waals surface area contributed by atoms with Crippen molar-refractivity contribution in [3.8, 4) is 0 Å². The zero-order chi connectivity index (χ0) is 35.5. The average molecular weight is 692 g/mol. The first-order valence-electron chi connectivity index (χ1n) is 16.9. The van der Waals surface area contributed by atoms with Crippen molar-refractivity contribution in [3.05, 3.63) is 90.5 Å². The summed E-state index contributed by atoms with van der Waals surface area (Å²) in [7, 11) is 0. The maximum absolute atomic E-state index is 14.8. The van der Waals surface area contributed by atoms with Gasteiger partial charge in [0.15, 0.2) is 0 Å². The lowest BCUT2D eigenvalue weighted by atomic mass is 9.70. The van der Waals surface area contributed by atoms with Crippen molar-refractivity contribution in [1.82, 2.24) is 10.2 Å². The number of rotatable bonds is 15. The topological polar surface area (TPSA) is 125 Å². The maximum atomic E-state index is 14.8. The molecule has 2 aromatic rings. The summed E-state index contributed by atoms with van der Waals surface area (Å²) in [4.78, 5) is 59.4. The number of nitrogens with zero attached hydrogens (tertiary/aromatic N) is 2. The minimum absolute atomic E-state index is 0.109. The van der Waals surface area contributed by atoms with E-state index in [0.717, 1.165) is 0 Å². The van der Waals surface area contributed by atoms with Crippen LogP contribution in [0.25, 0.3) is 0 Å². The molecule has 49 heavy (non-hydrogen) atoms. The van der Waals surface area contributed by atoms with E-state index in [1.54, 1.807) is 43.3 Å². The van der Waals surface area contributed by atoms with Gasteiger partial charge in [0.05, 0.1) is 47.3 Å². The molecule has 3 heterocycles. The second-order valence-corrected chi connectivity index (χ2v) is 13.8. The molecule has 3 aliphatic rings. The molecule has 0 radical (unpaired) electrons. The Labute approximate surface area is 293 Å². The molecule has 2 bridgehead atoms. The fourth-order valence-electron chi connectivity index (χ4n) is 7.81. The summed E-state index contributed by atoms with van der Waals surface area (Å²) in [6, 6.07) is 13.6. The Bertz CT molecular complexity index is 1570. The third-order valence-electron chi connectivity index (χ3n) is 10.1. The van der Waals surface area contributed by atoms with E-state index < -0.39 is 65.6 Å². The quantitative estimate of drug-likeness (QED) is 0.199. The van der Waals surface area contributed by atoms with Crippen LogP contribution in [-0.2, 0) is 28.7 Å². The molecule has 3 fully saturated rings. The minimum Gasteiger partial charge on any atom is -0.455 e. The van der Waals surface area contributed by atoms with Gasteiger partial charge in [-0.25, -0.2) is 0 Å². The Hall–Kier alpha value is -3.99. The first-order valence-corrected chi connectivity index (χ1v) is 17.3. The number of nitrogens with one attached hydrogen (secondary N) is 1. The number of amides is 3. The molecule has 3 amide bonds. The number of benzene rings is 2. The van der Waals surface area contributed by atoms with Gasteiger partial charge in [-0.15, -0.1) is 13.2 Å². The van der Waals surface area contributed by atoms with Crippen molar-refractivity contribution in [3.63, 3.8) is 0 Å². The number of anilines is 1. The van der Waals surface area contributed by atoms with Gasteiger partial charge in [0.2, 0.25) is 11.8 Å². The number of halogens is 1. The molecule has 10 nitrogen and oxygen atoms in total. The third kappa shape index (κ3) is 6.78. The van der Waals surface area contributed by atoms with Gasteiger partial charge in [0, 0.05) is 13.0 Å². The molecule has 0 saturated carbocycles. The molecule has 0 aromatic heterocycles. The van der Waals surface area contributed by atoms with Gasteiger partial charge in [-0.2, -0.15) is 0 Å². The zero-order valence-corrected chi connectivity index (χ0v) is 29.1. The van der Waals surface area contributed by atoms with E-state index in [4.69, 9.17) is 21.1 Å². The molecular weight excluding hydrogens is 646 g/mol. The highest BCUT2D eigenvalue weighted by Gasteiger charge is 2.76. The van der Waals surface area contributed by atoms with Crippen LogP contribution < -0.4 is 10.2 Å². The van der Waals surface area contributed by atoms with Crippen molar-refractivity contribution < 1.29 is 33.8 Å². The molecule has 3 saturated heterocycles. The number of aliphatic hydroxyl groups excluding tert-OH is 1. The molecule has 2 N–H and O–H groups in total. The zero-order valence-electron chi connectivity index (χ0n) is 28.3. The fourth-order valence-corrected chi connectivity index (χ4v) is 8.05. The van der Waals surface area contributed by atoms with Crippen LogP contribution in [0.2, 0.25) is 5.02 Å². The van der Waals surface area contributed by atoms with Gasteiger partial charge < -0.3 is 29.7 Å².